The Morgan fingerprint density at radius 2 is 1.87 bits per heavy atom. The van der Waals surface area contributed by atoms with Crippen LogP contribution in [0.3, 0.4) is 0 Å². The van der Waals surface area contributed by atoms with Crippen molar-refractivity contribution in [1.29, 1.82) is 0 Å². The van der Waals surface area contributed by atoms with Crippen LogP contribution in [0.15, 0.2) is 54.6 Å². The van der Waals surface area contributed by atoms with E-state index in [9.17, 15) is 9.90 Å². The highest BCUT2D eigenvalue weighted by Crippen LogP contribution is 2.21. The molecular weight excluding hydrogens is 290 g/mol. The van der Waals surface area contributed by atoms with Gasteiger partial charge in [-0.15, -0.1) is 0 Å². The lowest BCUT2D eigenvalue weighted by molar-refractivity contribution is 0.0699. The van der Waals surface area contributed by atoms with Crippen LogP contribution in [-0.2, 0) is 0 Å². The molecule has 0 aliphatic carbocycles. The SMILES string of the molecule is COc1ccccc1C=Cc1ccc2c(C(=O)O)cccc2n1. The van der Waals surface area contributed by atoms with E-state index >= 15 is 0 Å². The van der Waals surface area contributed by atoms with E-state index < -0.39 is 5.97 Å². The predicted molar refractivity (Wildman–Crippen MR) is 90.6 cm³/mol. The lowest BCUT2D eigenvalue weighted by Gasteiger charge is -2.04. The first-order chi connectivity index (χ1) is 11.2. The van der Waals surface area contributed by atoms with Gasteiger partial charge in [-0.25, -0.2) is 9.78 Å². The van der Waals surface area contributed by atoms with Crippen molar-refractivity contribution in [2.24, 2.45) is 0 Å². The monoisotopic (exact) mass is 305 g/mol. The van der Waals surface area contributed by atoms with Crippen LogP contribution in [0.25, 0.3) is 23.1 Å². The van der Waals surface area contributed by atoms with E-state index in [1.807, 2.05) is 42.5 Å². The molecule has 0 unspecified atom stereocenters. The minimum atomic E-state index is -0.949. The maximum Gasteiger partial charge on any atom is 0.336 e. The third-order valence-corrected chi connectivity index (χ3v) is 3.56. The van der Waals surface area contributed by atoms with Crippen LogP contribution in [0.2, 0.25) is 0 Å². The summed E-state index contributed by atoms with van der Waals surface area (Å²) in [6.07, 6.45) is 3.80. The fourth-order valence-corrected chi connectivity index (χ4v) is 2.43. The first-order valence-electron chi connectivity index (χ1n) is 7.13. The number of hydrogen-bond donors (Lipinski definition) is 1. The second-order valence-electron chi connectivity index (χ2n) is 4.99. The molecule has 0 aliphatic rings. The normalized spacial score (nSPS) is 11.0. The summed E-state index contributed by atoms with van der Waals surface area (Å²) in [5.74, 6) is -0.160. The molecule has 0 saturated carbocycles. The number of nitrogens with zero attached hydrogens (tertiary/aromatic N) is 1. The van der Waals surface area contributed by atoms with Crippen molar-refractivity contribution < 1.29 is 14.6 Å². The van der Waals surface area contributed by atoms with E-state index in [1.165, 1.54) is 0 Å². The minimum Gasteiger partial charge on any atom is -0.496 e. The van der Waals surface area contributed by atoms with Crippen LogP contribution in [0, 0.1) is 0 Å². The van der Waals surface area contributed by atoms with Crippen molar-refractivity contribution in [3.63, 3.8) is 0 Å². The van der Waals surface area contributed by atoms with Gasteiger partial charge in [0.1, 0.15) is 5.75 Å². The molecule has 0 fully saturated rings. The number of benzene rings is 2. The van der Waals surface area contributed by atoms with Crippen molar-refractivity contribution in [3.05, 3.63) is 71.4 Å². The maximum atomic E-state index is 11.2. The fraction of sp³-hybridized carbons (Fsp3) is 0.0526. The molecule has 114 valence electrons. The Morgan fingerprint density at radius 1 is 1.04 bits per heavy atom. The highest BCUT2D eigenvalue weighted by molar-refractivity contribution is 6.02. The average molecular weight is 305 g/mol. The van der Waals surface area contributed by atoms with E-state index in [0.717, 1.165) is 17.0 Å². The van der Waals surface area contributed by atoms with Gasteiger partial charge >= 0.3 is 5.97 Å². The minimum absolute atomic E-state index is 0.259. The highest BCUT2D eigenvalue weighted by Gasteiger charge is 2.08. The molecule has 4 nitrogen and oxygen atoms in total. The number of para-hydroxylation sites is 1. The molecule has 4 heteroatoms. The summed E-state index contributed by atoms with van der Waals surface area (Å²) in [5, 5.41) is 9.84. The topological polar surface area (TPSA) is 59.4 Å². The van der Waals surface area contributed by atoms with Gasteiger partial charge in [-0.05, 0) is 42.5 Å². The summed E-state index contributed by atoms with van der Waals surface area (Å²) in [5.41, 5.74) is 2.63. The molecule has 3 aromatic rings. The Labute approximate surface area is 133 Å². The Bertz CT molecular complexity index is 900. The summed E-state index contributed by atoms with van der Waals surface area (Å²) < 4.78 is 5.31. The van der Waals surface area contributed by atoms with Crippen molar-refractivity contribution in [2.45, 2.75) is 0 Å². The molecule has 2 aromatic carbocycles. The van der Waals surface area contributed by atoms with Crippen LogP contribution < -0.4 is 4.74 Å². The smallest absolute Gasteiger partial charge is 0.336 e. The Hall–Kier alpha value is -3.14. The van der Waals surface area contributed by atoms with Gasteiger partial charge in [0.25, 0.3) is 0 Å². The van der Waals surface area contributed by atoms with Gasteiger partial charge in [-0.3, -0.25) is 0 Å². The van der Waals surface area contributed by atoms with Gasteiger partial charge in [0.15, 0.2) is 0 Å². The number of aromatic nitrogens is 1. The molecule has 1 aromatic heterocycles. The number of methoxy groups -OCH3 is 1. The molecule has 1 N–H and O–H groups in total. The Balaban J connectivity index is 1.98. The van der Waals surface area contributed by atoms with E-state index in [2.05, 4.69) is 4.98 Å². The van der Waals surface area contributed by atoms with Crippen molar-refractivity contribution in [1.82, 2.24) is 4.98 Å². The summed E-state index contributed by atoms with van der Waals surface area (Å²) in [7, 11) is 1.63. The second kappa shape index (κ2) is 6.32. The summed E-state index contributed by atoms with van der Waals surface area (Å²) >= 11 is 0. The van der Waals surface area contributed by atoms with Gasteiger partial charge in [-0.2, -0.15) is 0 Å². The first kappa shape index (κ1) is 14.8. The van der Waals surface area contributed by atoms with Crippen LogP contribution in [-0.4, -0.2) is 23.2 Å². The zero-order valence-electron chi connectivity index (χ0n) is 12.6. The summed E-state index contributed by atoms with van der Waals surface area (Å²) in [6.45, 7) is 0. The Kier molecular flexibility index (Phi) is 4.06. The number of hydrogen-bond acceptors (Lipinski definition) is 3. The number of carboxylic acids is 1. The predicted octanol–water partition coefficient (Wildman–Crippen LogP) is 4.11. The van der Waals surface area contributed by atoms with Gasteiger partial charge in [-0.1, -0.05) is 24.3 Å². The van der Waals surface area contributed by atoms with E-state index in [-0.39, 0.29) is 5.56 Å². The maximum absolute atomic E-state index is 11.2. The zero-order chi connectivity index (χ0) is 16.2. The van der Waals surface area contributed by atoms with Crippen LogP contribution in [0.1, 0.15) is 21.6 Å². The molecule has 0 saturated heterocycles. The van der Waals surface area contributed by atoms with Crippen LogP contribution >= 0.6 is 0 Å². The van der Waals surface area contributed by atoms with Crippen LogP contribution in [0.5, 0.6) is 5.75 Å². The summed E-state index contributed by atoms with van der Waals surface area (Å²) in [4.78, 5) is 15.7. The molecule has 3 rings (SSSR count). The number of aromatic carboxylic acids is 1. The van der Waals surface area contributed by atoms with Gasteiger partial charge in [0, 0.05) is 10.9 Å². The number of carbonyl (C=O) groups is 1. The molecular formula is C19H15NO3. The standard InChI is InChI=1S/C19H15NO3/c1-23-18-8-3-2-5-13(18)9-10-14-11-12-15-16(19(21)22)6-4-7-17(15)20-14/h2-12H,1H3,(H,21,22). The Morgan fingerprint density at radius 3 is 2.65 bits per heavy atom. The molecule has 23 heavy (non-hydrogen) atoms. The fourth-order valence-electron chi connectivity index (χ4n) is 2.43. The van der Waals surface area contributed by atoms with Gasteiger partial charge < -0.3 is 9.84 Å². The molecule has 0 amide bonds. The highest BCUT2D eigenvalue weighted by atomic mass is 16.5. The molecule has 1 heterocycles. The number of pyridine rings is 1. The van der Waals surface area contributed by atoms with Crippen molar-refractivity contribution in [2.75, 3.05) is 7.11 Å². The largest absolute Gasteiger partial charge is 0.496 e. The molecule has 0 radical (unpaired) electrons. The third-order valence-electron chi connectivity index (χ3n) is 3.56. The summed E-state index contributed by atoms with van der Waals surface area (Å²) in [6, 6.07) is 16.4. The molecule has 0 spiro atoms. The van der Waals surface area contributed by atoms with Crippen molar-refractivity contribution in [3.8, 4) is 5.75 Å². The van der Waals surface area contributed by atoms with E-state index in [1.54, 1.807) is 31.4 Å². The second-order valence-corrected chi connectivity index (χ2v) is 4.99. The van der Waals surface area contributed by atoms with Gasteiger partial charge in [0.2, 0.25) is 0 Å². The van der Waals surface area contributed by atoms with E-state index in [4.69, 9.17) is 4.74 Å². The quantitative estimate of drug-likeness (QED) is 0.788. The van der Waals surface area contributed by atoms with Crippen molar-refractivity contribution >= 4 is 29.0 Å². The van der Waals surface area contributed by atoms with Crippen LogP contribution in [0.4, 0.5) is 0 Å². The van der Waals surface area contributed by atoms with E-state index in [0.29, 0.717) is 10.9 Å². The first-order valence-corrected chi connectivity index (χ1v) is 7.13. The lowest BCUT2D eigenvalue weighted by atomic mass is 10.1. The van der Waals surface area contributed by atoms with Gasteiger partial charge in [0.05, 0.1) is 23.9 Å². The molecule has 0 bridgehead atoms. The number of rotatable bonds is 4. The number of carboxylic acid groups (broad SMARTS) is 1. The molecule has 0 atom stereocenters. The zero-order valence-corrected chi connectivity index (χ0v) is 12.6. The number of ether oxygens (including phenoxy) is 1. The molecule has 0 aliphatic heterocycles. The lowest BCUT2D eigenvalue weighted by Crippen LogP contribution is -1.98. The number of fused-ring (bicyclic) bond motifs is 1. The average Bonchev–Trinajstić information content (AvgIpc) is 2.59. The third kappa shape index (κ3) is 3.06.